The molecule has 0 atom stereocenters. The summed E-state index contributed by atoms with van der Waals surface area (Å²) in [6.45, 7) is 0. The fourth-order valence-corrected chi connectivity index (χ4v) is 6.02. The average molecular weight is 615 g/mol. The molecule has 8 rings (SSSR count). The zero-order chi connectivity index (χ0) is 32.1. The van der Waals surface area contributed by atoms with Crippen molar-refractivity contribution in [2.24, 2.45) is 0 Å². The predicted octanol–water partition coefficient (Wildman–Crippen LogP) is 10.9. The standard InChI is InChI=1S/C44H30N4/c1-3-8-34(9-4-1)43-27-41(28-44(48-43)35-10-5-2-6-11-35)40-25-38(32-15-13-31(14-16-32)37-12-7-22-45-29-37)24-39(26-40)33-17-19-36(20-18-33)42-21-23-46-30-47-42/h1-30H. The molecule has 0 aliphatic rings. The highest BCUT2D eigenvalue weighted by Gasteiger charge is 2.13. The quantitative estimate of drug-likeness (QED) is 0.179. The molecule has 48 heavy (non-hydrogen) atoms. The minimum atomic E-state index is 0.901. The van der Waals surface area contributed by atoms with E-state index in [2.05, 4.69) is 148 Å². The van der Waals surface area contributed by atoms with Gasteiger partial charge in [0.2, 0.25) is 0 Å². The SMILES string of the molecule is c1ccc(-c2cc(-c3cc(-c4ccc(-c5cccnc5)cc4)cc(-c4ccc(-c5ccncn5)cc4)c3)cc(-c3ccccc3)n2)cc1. The molecule has 0 saturated heterocycles. The average Bonchev–Trinajstić information content (AvgIpc) is 3.19. The second kappa shape index (κ2) is 13.1. The van der Waals surface area contributed by atoms with E-state index in [4.69, 9.17) is 4.98 Å². The smallest absolute Gasteiger partial charge is 0.116 e. The number of rotatable bonds is 7. The van der Waals surface area contributed by atoms with Crippen molar-refractivity contribution >= 4 is 0 Å². The van der Waals surface area contributed by atoms with E-state index in [0.717, 1.165) is 78.3 Å². The summed E-state index contributed by atoms with van der Waals surface area (Å²) in [4.78, 5) is 17.9. The zero-order valence-corrected chi connectivity index (χ0v) is 26.1. The summed E-state index contributed by atoms with van der Waals surface area (Å²) in [5.41, 5.74) is 15.0. The Bertz CT molecular complexity index is 2130. The first-order valence-corrected chi connectivity index (χ1v) is 15.9. The van der Waals surface area contributed by atoms with Gasteiger partial charge < -0.3 is 0 Å². The van der Waals surface area contributed by atoms with Crippen LogP contribution in [0.4, 0.5) is 0 Å². The van der Waals surface area contributed by atoms with Gasteiger partial charge in [-0.25, -0.2) is 15.0 Å². The monoisotopic (exact) mass is 614 g/mol. The van der Waals surface area contributed by atoms with Crippen LogP contribution in [-0.2, 0) is 0 Å². The van der Waals surface area contributed by atoms with Crippen molar-refractivity contribution < 1.29 is 0 Å². The summed E-state index contributed by atoms with van der Waals surface area (Å²) < 4.78 is 0. The first-order chi connectivity index (χ1) is 23.8. The molecule has 0 unspecified atom stereocenters. The maximum absolute atomic E-state index is 5.12. The van der Waals surface area contributed by atoms with E-state index >= 15 is 0 Å². The predicted molar refractivity (Wildman–Crippen MR) is 196 cm³/mol. The van der Waals surface area contributed by atoms with Gasteiger partial charge in [-0.1, -0.05) is 115 Å². The molecule has 0 aliphatic carbocycles. The molecule has 0 radical (unpaired) electrons. The van der Waals surface area contributed by atoms with Gasteiger partial charge in [-0.15, -0.1) is 0 Å². The molecule has 0 bridgehead atoms. The Morgan fingerprint density at radius 2 is 0.750 bits per heavy atom. The minimum absolute atomic E-state index is 0.901. The summed E-state index contributed by atoms with van der Waals surface area (Å²) >= 11 is 0. The van der Waals surface area contributed by atoms with Crippen molar-refractivity contribution in [3.05, 3.63) is 183 Å². The van der Waals surface area contributed by atoms with E-state index in [9.17, 15) is 0 Å². The van der Waals surface area contributed by atoms with E-state index in [1.54, 1.807) is 18.7 Å². The summed E-state index contributed by atoms with van der Waals surface area (Å²) in [7, 11) is 0. The third-order valence-corrected chi connectivity index (χ3v) is 8.54. The van der Waals surface area contributed by atoms with Gasteiger partial charge in [-0.05, 0) is 87.0 Å². The van der Waals surface area contributed by atoms with Gasteiger partial charge in [0.1, 0.15) is 6.33 Å². The minimum Gasteiger partial charge on any atom is -0.264 e. The maximum Gasteiger partial charge on any atom is 0.116 e. The second-order valence-electron chi connectivity index (χ2n) is 11.6. The van der Waals surface area contributed by atoms with Crippen molar-refractivity contribution in [2.45, 2.75) is 0 Å². The van der Waals surface area contributed by atoms with Gasteiger partial charge in [0.15, 0.2) is 0 Å². The van der Waals surface area contributed by atoms with Crippen molar-refractivity contribution in [1.82, 2.24) is 19.9 Å². The molecule has 0 aliphatic heterocycles. The van der Waals surface area contributed by atoms with E-state index in [0.29, 0.717) is 0 Å². The molecule has 226 valence electrons. The van der Waals surface area contributed by atoms with Crippen LogP contribution in [0.3, 0.4) is 0 Å². The third-order valence-electron chi connectivity index (χ3n) is 8.54. The van der Waals surface area contributed by atoms with E-state index in [1.807, 2.05) is 30.5 Å². The van der Waals surface area contributed by atoms with Crippen LogP contribution in [0.1, 0.15) is 0 Å². The third kappa shape index (κ3) is 6.15. The molecule has 0 saturated carbocycles. The van der Waals surface area contributed by atoms with Gasteiger partial charge in [-0.3, -0.25) is 4.98 Å². The molecular weight excluding hydrogens is 585 g/mol. The van der Waals surface area contributed by atoms with Crippen LogP contribution >= 0.6 is 0 Å². The molecule has 5 aromatic carbocycles. The molecule has 3 heterocycles. The van der Waals surface area contributed by atoms with Gasteiger partial charge in [-0.2, -0.15) is 0 Å². The highest BCUT2D eigenvalue weighted by atomic mass is 14.8. The summed E-state index contributed by atoms with van der Waals surface area (Å²) in [5.74, 6) is 0. The number of nitrogens with zero attached hydrogens (tertiary/aromatic N) is 4. The van der Waals surface area contributed by atoms with Crippen LogP contribution in [-0.4, -0.2) is 19.9 Å². The van der Waals surface area contributed by atoms with Crippen LogP contribution in [0.2, 0.25) is 0 Å². The van der Waals surface area contributed by atoms with Crippen molar-refractivity contribution in [2.75, 3.05) is 0 Å². The van der Waals surface area contributed by atoms with Gasteiger partial charge >= 0.3 is 0 Å². The summed E-state index contributed by atoms with van der Waals surface area (Å²) in [6.07, 6.45) is 7.06. The van der Waals surface area contributed by atoms with Gasteiger partial charge in [0, 0.05) is 35.3 Å². The van der Waals surface area contributed by atoms with Gasteiger partial charge in [0.25, 0.3) is 0 Å². The lowest BCUT2D eigenvalue weighted by Gasteiger charge is -2.14. The van der Waals surface area contributed by atoms with Crippen LogP contribution in [0, 0.1) is 0 Å². The summed E-state index contributed by atoms with van der Waals surface area (Å²) in [6, 6.07) is 55.3. The van der Waals surface area contributed by atoms with Crippen LogP contribution < -0.4 is 0 Å². The Hall–Kier alpha value is -6.52. The number of hydrogen-bond acceptors (Lipinski definition) is 4. The highest BCUT2D eigenvalue weighted by Crippen LogP contribution is 2.37. The van der Waals surface area contributed by atoms with E-state index < -0.39 is 0 Å². The topological polar surface area (TPSA) is 51.6 Å². The Kier molecular flexibility index (Phi) is 7.87. The molecular formula is C44H30N4. The largest absolute Gasteiger partial charge is 0.264 e. The lowest BCUT2D eigenvalue weighted by Crippen LogP contribution is -1.92. The number of hydrogen-bond donors (Lipinski definition) is 0. The number of pyridine rings is 2. The first-order valence-electron chi connectivity index (χ1n) is 15.9. The Balaban J connectivity index is 1.28. The molecule has 3 aromatic heterocycles. The Labute approximate surface area is 280 Å². The number of aromatic nitrogens is 4. The molecule has 4 nitrogen and oxygen atoms in total. The molecule has 0 N–H and O–H groups in total. The van der Waals surface area contributed by atoms with Crippen LogP contribution in [0.25, 0.3) is 78.3 Å². The van der Waals surface area contributed by atoms with Crippen molar-refractivity contribution in [3.63, 3.8) is 0 Å². The Morgan fingerprint density at radius 3 is 1.25 bits per heavy atom. The van der Waals surface area contributed by atoms with Crippen molar-refractivity contribution in [3.8, 4) is 78.3 Å². The van der Waals surface area contributed by atoms with E-state index in [-0.39, 0.29) is 0 Å². The molecule has 4 heteroatoms. The molecule has 8 aromatic rings. The fraction of sp³-hybridized carbons (Fsp3) is 0. The highest BCUT2D eigenvalue weighted by molar-refractivity contribution is 5.85. The number of benzene rings is 5. The van der Waals surface area contributed by atoms with E-state index in [1.165, 1.54) is 0 Å². The maximum atomic E-state index is 5.12. The lowest BCUT2D eigenvalue weighted by atomic mass is 9.91. The van der Waals surface area contributed by atoms with Crippen molar-refractivity contribution in [1.29, 1.82) is 0 Å². The first kappa shape index (κ1) is 28.9. The lowest BCUT2D eigenvalue weighted by molar-refractivity contribution is 1.17. The molecule has 0 fully saturated rings. The van der Waals surface area contributed by atoms with Crippen LogP contribution in [0.5, 0.6) is 0 Å². The normalized spacial score (nSPS) is 10.9. The van der Waals surface area contributed by atoms with Gasteiger partial charge in [0.05, 0.1) is 17.1 Å². The van der Waals surface area contributed by atoms with Crippen LogP contribution in [0.15, 0.2) is 183 Å². The fourth-order valence-electron chi connectivity index (χ4n) is 6.02. The Morgan fingerprint density at radius 1 is 0.292 bits per heavy atom. The zero-order valence-electron chi connectivity index (χ0n) is 26.1. The summed E-state index contributed by atoms with van der Waals surface area (Å²) in [5, 5.41) is 0. The molecule has 0 amide bonds. The molecule has 0 spiro atoms. The second-order valence-corrected chi connectivity index (χ2v) is 11.6.